The predicted octanol–water partition coefficient (Wildman–Crippen LogP) is 3.08. The molecule has 0 spiro atoms. The Morgan fingerprint density at radius 1 is 1.24 bits per heavy atom. The molecule has 4 aromatic rings. The zero-order chi connectivity index (χ0) is 23.7. The molecule has 1 fully saturated rings. The molecule has 0 aliphatic carbocycles. The molecule has 1 atom stereocenters. The molecule has 0 unspecified atom stereocenters. The van der Waals surface area contributed by atoms with Crippen LogP contribution in [-0.4, -0.2) is 63.2 Å². The number of carbonyl (C=O) groups is 2. The fraction of sp³-hybridized carbons (Fsp3) is 0.261. The monoisotopic (exact) mass is 462 g/mol. The second-order valence-corrected chi connectivity index (χ2v) is 7.79. The molecule has 1 aliphatic rings. The number of nitrogens with one attached hydrogen (secondary N) is 1. The summed E-state index contributed by atoms with van der Waals surface area (Å²) in [5.74, 6) is 0.325. The molecule has 1 aromatic carbocycles. The van der Waals surface area contributed by atoms with Crippen LogP contribution in [0.4, 0.5) is 10.5 Å². The van der Waals surface area contributed by atoms with Crippen molar-refractivity contribution in [2.75, 3.05) is 32.1 Å². The quantitative estimate of drug-likeness (QED) is 0.491. The van der Waals surface area contributed by atoms with Gasteiger partial charge >= 0.3 is 6.09 Å². The van der Waals surface area contributed by atoms with Gasteiger partial charge in [0.1, 0.15) is 11.3 Å². The van der Waals surface area contributed by atoms with Gasteiger partial charge in [-0.15, -0.1) is 0 Å². The van der Waals surface area contributed by atoms with Gasteiger partial charge in [0.2, 0.25) is 5.82 Å². The number of morpholine rings is 1. The van der Waals surface area contributed by atoms with Gasteiger partial charge in [-0.05, 0) is 30.7 Å². The number of ether oxygens (including phenoxy) is 2. The number of rotatable bonds is 4. The van der Waals surface area contributed by atoms with E-state index >= 15 is 0 Å². The summed E-state index contributed by atoms with van der Waals surface area (Å²) in [5.41, 5.74) is 3.26. The van der Waals surface area contributed by atoms with E-state index in [1.54, 1.807) is 16.7 Å². The summed E-state index contributed by atoms with van der Waals surface area (Å²) in [4.78, 5) is 35.0. The lowest BCUT2D eigenvalue weighted by atomic mass is 10.1. The van der Waals surface area contributed by atoms with Gasteiger partial charge in [0, 0.05) is 24.0 Å². The molecular formula is C23H22N6O5. The summed E-state index contributed by atoms with van der Waals surface area (Å²) < 4.78 is 17.6. The standard InChI is InChI=1S/C23H22N6O5/c1-14-6-7-15(11-16(14)25-21(30)17-12-24-19-5-3-4-8-29(17)19)20-26-22(34-27-20)18-13-28(9-10-33-18)23(31)32-2/h3-8,11-12,18H,9-10,13H2,1-2H3,(H,25,30)/t18-/m1/s1. The van der Waals surface area contributed by atoms with Gasteiger partial charge in [-0.1, -0.05) is 23.4 Å². The number of carbonyl (C=O) groups excluding carboxylic acids is 2. The molecule has 0 radical (unpaired) electrons. The molecule has 1 saturated heterocycles. The third-order valence-electron chi connectivity index (χ3n) is 5.61. The fourth-order valence-electron chi connectivity index (χ4n) is 3.76. The molecule has 1 N–H and O–H groups in total. The first-order chi connectivity index (χ1) is 16.5. The van der Waals surface area contributed by atoms with Gasteiger partial charge in [-0.2, -0.15) is 4.98 Å². The highest BCUT2D eigenvalue weighted by Gasteiger charge is 2.30. The molecule has 0 bridgehead atoms. The van der Waals surface area contributed by atoms with Gasteiger partial charge in [0.25, 0.3) is 11.8 Å². The Morgan fingerprint density at radius 3 is 2.97 bits per heavy atom. The number of methoxy groups -OCH3 is 1. The van der Waals surface area contributed by atoms with E-state index < -0.39 is 12.2 Å². The SMILES string of the molecule is COC(=O)N1CCO[C@@H](c2nc(-c3ccc(C)c(NC(=O)c4cnc5ccccn45)c3)no2)C1. The van der Waals surface area contributed by atoms with Crippen LogP contribution < -0.4 is 5.32 Å². The van der Waals surface area contributed by atoms with Crippen LogP contribution >= 0.6 is 0 Å². The first-order valence-electron chi connectivity index (χ1n) is 10.7. The lowest BCUT2D eigenvalue weighted by Crippen LogP contribution is -2.42. The molecule has 3 aromatic heterocycles. The van der Waals surface area contributed by atoms with Crippen molar-refractivity contribution in [1.82, 2.24) is 24.4 Å². The highest BCUT2D eigenvalue weighted by atomic mass is 16.6. The second-order valence-electron chi connectivity index (χ2n) is 7.79. The molecular weight excluding hydrogens is 440 g/mol. The number of anilines is 1. The van der Waals surface area contributed by atoms with Crippen molar-refractivity contribution in [1.29, 1.82) is 0 Å². The van der Waals surface area contributed by atoms with E-state index in [1.165, 1.54) is 18.2 Å². The third kappa shape index (κ3) is 4.08. The minimum absolute atomic E-state index is 0.253. The number of fused-ring (bicyclic) bond motifs is 1. The van der Waals surface area contributed by atoms with Gasteiger partial charge < -0.3 is 24.2 Å². The Hall–Kier alpha value is -4.25. The number of hydrogen-bond acceptors (Lipinski definition) is 8. The molecule has 174 valence electrons. The van der Waals surface area contributed by atoms with E-state index in [0.717, 1.165) is 5.56 Å². The molecule has 4 heterocycles. The van der Waals surface area contributed by atoms with Crippen LogP contribution in [-0.2, 0) is 9.47 Å². The Balaban J connectivity index is 1.35. The lowest BCUT2D eigenvalue weighted by Gasteiger charge is -2.29. The van der Waals surface area contributed by atoms with E-state index in [0.29, 0.717) is 41.6 Å². The van der Waals surface area contributed by atoms with Crippen molar-refractivity contribution in [2.45, 2.75) is 13.0 Å². The first kappa shape index (κ1) is 21.6. The first-order valence-corrected chi connectivity index (χ1v) is 10.7. The van der Waals surface area contributed by atoms with Crippen molar-refractivity contribution < 1.29 is 23.6 Å². The Labute approximate surface area is 194 Å². The summed E-state index contributed by atoms with van der Waals surface area (Å²) in [6, 6.07) is 11.0. The number of aromatic nitrogens is 4. The number of amides is 2. The van der Waals surface area contributed by atoms with Gasteiger partial charge in [0.05, 0.1) is 26.5 Å². The molecule has 11 nitrogen and oxygen atoms in total. The van der Waals surface area contributed by atoms with Crippen molar-refractivity contribution in [3.63, 3.8) is 0 Å². The predicted molar refractivity (Wildman–Crippen MR) is 120 cm³/mol. The van der Waals surface area contributed by atoms with E-state index in [-0.39, 0.29) is 18.3 Å². The zero-order valence-electron chi connectivity index (χ0n) is 18.6. The number of aryl methyl sites for hydroxylation is 1. The minimum atomic E-state index is -0.547. The number of benzene rings is 1. The number of pyridine rings is 1. The van der Waals surface area contributed by atoms with Gasteiger partial charge in [0.15, 0.2) is 6.10 Å². The van der Waals surface area contributed by atoms with E-state index in [4.69, 9.17) is 14.0 Å². The van der Waals surface area contributed by atoms with Crippen LogP contribution in [0.2, 0.25) is 0 Å². The maximum absolute atomic E-state index is 12.9. The fourth-order valence-corrected chi connectivity index (χ4v) is 3.76. The van der Waals surface area contributed by atoms with Crippen LogP contribution in [0.5, 0.6) is 0 Å². The van der Waals surface area contributed by atoms with E-state index in [2.05, 4.69) is 20.4 Å². The average Bonchev–Trinajstić information content (AvgIpc) is 3.53. The maximum Gasteiger partial charge on any atom is 0.409 e. The number of hydrogen-bond donors (Lipinski definition) is 1. The largest absolute Gasteiger partial charge is 0.453 e. The normalized spacial score (nSPS) is 15.9. The summed E-state index contributed by atoms with van der Waals surface area (Å²) in [5, 5.41) is 7.01. The Bertz CT molecular complexity index is 1360. The lowest BCUT2D eigenvalue weighted by molar-refractivity contribution is -0.0399. The molecule has 11 heteroatoms. The summed E-state index contributed by atoms with van der Waals surface area (Å²) in [6.45, 7) is 2.91. The number of imidazole rings is 1. The smallest absolute Gasteiger partial charge is 0.409 e. The van der Waals surface area contributed by atoms with Gasteiger partial charge in [-0.3, -0.25) is 9.20 Å². The highest BCUT2D eigenvalue weighted by Crippen LogP contribution is 2.27. The summed E-state index contributed by atoms with van der Waals surface area (Å²) >= 11 is 0. The van der Waals surface area contributed by atoms with Gasteiger partial charge in [-0.25, -0.2) is 9.78 Å². The van der Waals surface area contributed by atoms with Crippen molar-refractivity contribution in [2.24, 2.45) is 0 Å². The summed E-state index contributed by atoms with van der Waals surface area (Å²) in [6.07, 6.45) is 2.35. The third-order valence-corrected chi connectivity index (χ3v) is 5.61. The van der Waals surface area contributed by atoms with Crippen LogP contribution in [0.25, 0.3) is 17.0 Å². The van der Waals surface area contributed by atoms with Crippen molar-refractivity contribution in [3.05, 3.63) is 65.9 Å². The van der Waals surface area contributed by atoms with Crippen LogP contribution in [0.3, 0.4) is 0 Å². The minimum Gasteiger partial charge on any atom is -0.453 e. The van der Waals surface area contributed by atoms with Crippen molar-refractivity contribution in [3.8, 4) is 11.4 Å². The van der Waals surface area contributed by atoms with Crippen LogP contribution in [0.1, 0.15) is 28.0 Å². The number of nitrogens with zero attached hydrogens (tertiary/aromatic N) is 5. The summed E-state index contributed by atoms with van der Waals surface area (Å²) in [7, 11) is 1.33. The van der Waals surface area contributed by atoms with E-state index in [9.17, 15) is 9.59 Å². The molecule has 1 aliphatic heterocycles. The maximum atomic E-state index is 12.9. The van der Waals surface area contributed by atoms with E-state index in [1.807, 2.05) is 37.3 Å². The molecule has 5 rings (SSSR count). The average molecular weight is 462 g/mol. The van der Waals surface area contributed by atoms with Crippen LogP contribution in [0.15, 0.2) is 53.3 Å². The zero-order valence-corrected chi connectivity index (χ0v) is 18.6. The second kappa shape index (κ2) is 8.94. The molecule has 0 saturated carbocycles. The Kier molecular flexibility index (Phi) is 5.68. The topological polar surface area (TPSA) is 124 Å². The molecule has 2 amide bonds. The van der Waals surface area contributed by atoms with Crippen LogP contribution in [0, 0.1) is 6.92 Å². The van der Waals surface area contributed by atoms with Crippen molar-refractivity contribution >= 4 is 23.3 Å². The highest BCUT2D eigenvalue weighted by molar-refractivity contribution is 6.04. The molecule has 34 heavy (non-hydrogen) atoms. The Morgan fingerprint density at radius 2 is 2.12 bits per heavy atom.